The lowest BCUT2D eigenvalue weighted by Crippen LogP contribution is -2.23. The van der Waals surface area contributed by atoms with Gasteiger partial charge in [-0.2, -0.15) is 0 Å². The number of hydrogen-bond donors (Lipinski definition) is 0. The van der Waals surface area contributed by atoms with Crippen LogP contribution in [0.25, 0.3) is 38.5 Å². The van der Waals surface area contributed by atoms with Crippen LogP contribution in [0.2, 0.25) is 0 Å². The SMILES string of the molecule is c1ccc(N2c3cc(-n4c5ccccc5c5ccccc54)ccc3Cn3c2nc2ccccc23)cc1. The van der Waals surface area contributed by atoms with Gasteiger partial charge in [0.2, 0.25) is 5.95 Å². The Morgan fingerprint density at radius 2 is 1.19 bits per heavy atom. The lowest BCUT2D eigenvalue weighted by molar-refractivity contribution is 0.789. The molecule has 0 aliphatic carbocycles. The van der Waals surface area contributed by atoms with Crippen molar-refractivity contribution in [2.24, 2.45) is 0 Å². The first-order valence-electron chi connectivity index (χ1n) is 12.3. The number of fused-ring (bicyclic) bond motifs is 7. The highest BCUT2D eigenvalue weighted by Crippen LogP contribution is 2.43. The van der Waals surface area contributed by atoms with Crippen LogP contribution in [0.15, 0.2) is 121 Å². The number of nitrogens with zero attached hydrogens (tertiary/aromatic N) is 4. The lowest BCUT2D eigenvalue weighted by Gasteiger charge is -2.32. The molecule has 0 unspecified atom stereocenters. The molecule has 7 aromatic rings. The normalized spacial score (nSPS) is 12.8. The van der Waals surface area contributed by atoms with Gasteiger partial charge in [-0.3, -0.25) is 4.90 Å². The fourth-order valence-electron chi connectivity index (χ4n) is 5.73. The largest absolute Gasteiger partial charge is 0.309 e. The molecule has 36 heavy (non-hydrogen) atoms. The molecule has 0 spiro atoms. The van der Waals surface area contributed by atoms with Gasteiger partial charge in [0.05, 0.1) is 34.3 Å². The third-order valence-corrected chi connectivity index (χ3v) is 7.33. The fourth-order valence-corrected chi connectivity index (χ4v) is 5.73. The second-order valence-electron chi connectivity index (χ2n) is 9.34. The first-order valence-corrected chi connectivity index (χ1v) is 12.3. The second-order valence-corrected chi connectivity index (χ2v) is 9.34. The van der Waals surface area contributed by atoms with Gasteiger partial charge >= 0.3 is 0 Å². The Hall–Kier alpha value is -4.83. The number of imidazole rings is 1. The monoisotopic (exact) mass is 462 g/mol. The second kappa shape index (κ2) is 7.33. The lowest BCUT2D eigenvalue weighted by atomic mass is 10.1. The Labute approximate surface area is 208 Å². The fraction of sp³-hybridized carbons (Fsp3) is 0.0312. The molecule has 0 radical (unpaired) electrons. The van der Waals surface area contributed by atoms with Crippen LogP contribution in [-0.2, 0) is 6.54 Å². The van der Waals surface area contributed by atoms with Crippen molar-refractivity contribution in [1.82, 2.24) is 14.1 Å². The Balaban J connectivity index is 1.41. The van der Waals surface area contributed by atoms with Gasteiger partial charge in [-0.25, -0.2) is 4.98 Å². The quantitative estimate of drug-likeness (QED) is 0.260. The molecule has 0 N–H and O–H groups in total. The van der Waals surface area contributed by atoms with E-state index in [-0.39, 0.29) is 0 Å². The van der Waals surface area contributed by atoms with E-state index in [0.29, 0.717) is 0 Å². The van der Waals surface area contributed by atoms with E-state index in [9.17, 15) is 0 Å². The van der Waals surface area contributed by atoms with Gasteiger partial charge < -0.3 is 9.13 Å². The maximum absolute atomic E-state index is 5.08. The summed E-state index contributed by atoms with van der Waals surface area (Å²) in [6.07, 6.45) is 0. The number of benzene rings is 5. The van der Waals surface area contributed by atoms with Crippen molar-refractivity contribution in [3.63, 3.8) is 0 Å². The summed E-state index contributed by atoms with van der Waals surface area (Å²) in [4.78, 5) is 7.39. The van der Waals surface area contributed by atoms with Gasteiger partial charge in [0.1, 0.15) is 0 Å². The molecule has 0 amide bonds. The summed E-state index contributed by atoms with van der Waals surface area (Å²) in [5, 5.41) is 2.54. The molecule has 4 heteroatoms. The summed E-state index contributed by atoms with van der Waals surface area (Å²) in [6.45, 7) is 0.794. The summed E-state index contributed by atoms with van der Waals surface area (Å²) >= 11 is 0. The average Bonchev–Trinajstić information content (AvgIpc) is 3.47. The highest BCUT2D eigenvalue weighted by atomic mass is 15.3. The summed E-state index contributed by atoms with van der Waals surface area (Å²) in [5.74, 6) is 0.953. The van der Waals surface area contributed by atoms with E-state index in [1.807, 2.05) is 0 Å². The molecule has 0 fully saturated rings. The average molecular weight is 463 g/mol. The molecule has 0 atom stereocenters. The van der Waals surface area contributed by atoms with Crippen molar-refractivity contribution in [1.29, 1.82) is 0 Å². The molecule has 0 saturated heterocycles. The van der Waals surface area contributed by atoms with Gasteiger partial charge in [0, 0.05) is 22.1 Å². The van der Waals surface area contributed by atoms with Crippen LogP contribution >= 0.6 is 0 Å². The smallest absolute Gasteiger partial charge is 0.216 e. The van der Waals surface area contributed by atoms with Crippen molar-refractivity contribution >= 4 is 50.2 Å². The zero-order valence-electron chi connectivity index (χ0n) is 19.5. The van der Waals surface area contributed by atoms with E-state index in [0.717, 1.165) is 34.9 Å². The van der Waals surface area contributed by atoms with Crippen molar-refractivity contribution in [2.45, 2.75) is 6.54 Å². The molecule has 8 rings (SSSR count). The molecule has 1 aliphatic rings. The van der Waals surface area contributed by atoms with Gasteiger partial charge in [0.15, 0.2) is 0 Å². The predicted molar refractivity (Wildman–Crippen MR) is 148 cm³/mol. The maximum Gasteiger partial charge on any atom is 0.216 e. The number of para-hydroxylation sites is 5. The van der Waals surface area contributed by atoms with Gasteiger partial charge in [-0.05, 0) is 54.1 Å². The number of hydrogen-bond acceptors (Lipinski definition) is 2. The van der Waals surface area contributed by atoms with Crippen molar-refractivity contribution < 1.29 is 0 Å². The number of aromatic nitrogens is 3. The van der Waals surface area contributed by atoms with E-state index < -0.39 is 0 Å². The Kier molecular flexibility index (Phi) is 3.97. The van der Waals surface area contributed by atoms with Crippen LogP contribution < -0.4 is 4.90 Å². The van der Waals surface area contributed by atoms with E-state index in [1.54, 1.807) is 0 Å². The topological polar surface area (TPSA) is 26.0 Å². The third kappa shape index (κ3) is 2.67. The molecule has 170 valence electrons. The van der Waals surface area contributed by atoms with Crippen molar-refractivity contribution in [3.8, 4) is 5.69 Å². The maximum atomic E-state index is 5.08. The van der Waals surface area contributed by atoms with Gasteiger partial charge in [-0.15, -0.1) is 0 Å². The van der Waals surface area contributed by atoms with Gasteiger partial charge in [-0.1, -0.05) is 72.8 Å². The first kappa shape index (κ1) is 19.5. The van der Waals surface area contributed by atoms with Crippen LogP contribution in [-0.4, -0.2) is 14.1 Å². The van der Waals surface area contributed by atoms with E-state index >= 15 is 0 Å². The molecule has 5 aromatic carbocycles. The molecule has 0 saturated carbocycles. The minimum atomic E-state index is 0.794. The van der Waals surface area contributed by atoms with Crippen LogP contribution in [0.3, 0.4) is 0 Å². The molecular formula is C32H22N4. The molecule has 2 aromatic heterocycles. The van der Waals surface area contributed by atoms with Crippen molar-refractivity contribution in [2.75, 3.05) is 4.90 Å². The van der Waals surface area contributed by atoms with Crippen LogP contribution in [0.4, 0.5) is 17.3 Å². The summed E-state index contributed by atoms with van der Waals surface area (Å²) in [6, 6.07) is 43.1. The van der Waals surface area contributed by atoms with Crippen LogP contribution in [0.5, 0.6) is 0 Å². The molecular weight excluding hydrogens is 440 g/mol. The van der Waals surface area contributed by atoms with Crippen LogP contribution in [0, 0.1) is 0 Å². The highest BCUT2D eigenvalue weighted by Gasteiger charge is 2.28. The zero-order valence-corrected chi connectivity index (χ0v) is 19.5. The molecule has 3 heterocycles. The van der Waals surface area contributed by atoms with Gasteiger partial charge in [0.25, 0.3) is 0 Å². The summed E-state index contributed by atoms with van der Waals surface area (Å²) in [5.41, 5.74) is 9.31. The molecule has 0 bridgehead atoms. The highest BCUT2D eigenvalue weighted by molar-refractivity contribution is 6.09. The molecule has 1 aliphatic heterocycles. The van der Waals surface area contributed by atoms with Crippen LogP contribution in [0.1, 0.15) is 5.56 Å². The van der Waals surface area contributed by atoms with Crippen molar-refractivity contribution in [3.05, 3.63) is 127 Å². The number of rotatable bonds is 2. The minimum Gasteiger partial charge on any atom is -0.309 e. The molecule has 4 nitrogen and oxygen atoms in total. The Morgan fingerprint density at radius 1 is 0.556 bits per heavy atom. The number of anilines is 3. The Morgan fingerprint density at radius 3 is 1.94 bits per heavy atom. The van der Waals surface area contributed by atoms with E-state index in [1.165, 1.54) is 33.1 Å². The van der Waals surface area contributed by atoms with E-state index in [4.69, 9.17) is 4.98 Å². The predicted octanol–water partition coefficient (Wildman–Crippen LogP) is 7.96. The minimum absolute atomic E-state index is 0.794. The van der Waals surface area contributed by atoms with E-state index in [2.05, 4.69) is 135 Å². The summed E-state index contributed by atoms with van der Waals surface area (Å²) < 4.78 is 4.70. The third-order valence-electron chi connectivity index (χ3n) is 7.33. The standard InChI is InChI=1S/C32H22N4/c1-2-10-23(11-3-1)36-31-20-24(35-28-15-7-4-12-25(28)26-13-5-8-16-29(26)35)19-18-22(31)21-34-30-17-9-6-14-27(30)33-32(34)36/h1-20H,21H2. The Bertz CT molecular complexity index is 1870. The summed E-state index contributed by atoms with van der Waals surface area (Å²) in [7, 11) is 0. The zero-order chi connectivity index (χ0) is 23.6. The first-order chi connectivity index (χ1) is 17.9.